The zero-order valence-electron chi connectivity index (χ0n) is 15.1. The van der Waals surface area contributed by atoms with Crippen LogP contribution in [0.3, 0.4) is 0 Å². The van der Waals surface area contributed by atoms with Crippen molar-refractivity contribution in [1.82, 2.24) is 0 Å². The molecule has 1 atom stereocenters. The standard InChI is InChI=1S/C22H21NO2S/c1-13-4-5-14(2)17(10-13)18-11-20(24)23-21-19(12-26-22(18)21)15-6-8-16(25-3)9-7-15/h4-10,12,18H,11H2,1-3H3,(H,23,24)/t18-/m1/s1. The highest BCUT2D eigenvalue weighted by atomic mass is 32.1. The van der Waals surface area contributed by atoms with Gasteiger partial charge in [0.25, 0.3) is 0 Å². The molecule has 4 heteroatoms. The largest absolute Gasteiger partial charge is 0.497 e. The SMILES string of the molecule is COc1ccc(-c2csc3c2NC(=O)C[C@@H]3c2cc(C)ccc2C)cc1. The minimum atomic E-state index is 0.0802. The Labute approximate surface area is 157 Å². The third-order valence-electron chi connectivity index (χ3n) is 5.00. The minimum absolute atomic E-state index is 0.0802. The molecule has 0 bridgehead atoms. The summed E-state index contributed by atoms with van der Waals surface area (Å²) in [5.41, 5.74) is 6.85. The molecule has 0 aliphatic carbocycles. The molecule has 0 radical (unpaired) electrons. The topological polar surface area (TPSA) is 38.3 Å². The Hall–Kier alpha value is -2.59. The lowest BCUT2D eigenvalue weighted by molar-refractivity contribution is -0.116. The second kappa shape index (κ2) is 6.61. The Morgan fingerprint density at radius 1 is 1.12 bits per heavy atom. The Morgan fingerprint density at radius 2 is 1.88 bits per heavy atom. The first-order chi connectivity index (χ1) is 12.6. The first-order valence-corrected chi connectivity index (χ1v) is 9.57. The van der Waals surface area contributed by atoms with Gasteiger partial charge in [-0.2, -0.15) is 0 Å². The van der Waals surface area contributed by atoms with Crippen LogP contribution in [-0.2, 0) is 4.79 Å². The van der Waals surface area contributed by atoms with E-state index in [9.17, 15) is 4.79 Å². The van der Waals surface area contributed by atoms with E-state index in [2.05, 4.69) is 42.7 Å². The van der Waals surface area contributed by atoms with Crippen LogP contribution in [0.5, 0.6) is 5.75 Å². The maximum absolute atomic E-state index is 12.5. The molecule has 3 aromatic rings. The summed E-state index contributed by atoms with van der Waals surface area (Å²) in [6, 6.07) is 14.5. The van der Waals surface area contributed by atoms with Crippen molar-refractivity contribution in [3.05, 3.63) is 69.4 Å². The Morgan fingerprint density at radius 3 is 2.62 bits per heavy atom. The highest BCUT2D eigenvalue weighted by molar-refractivity contribution is 7.11. The number of aryl methyl sites for hydroxylation is 2. The number of benzene rings is 2. The molecule has 1 amide bonds. The molecule has 0 spiro atoms. The van der Waals surface area contributed by atoms with Gasteiger partial charge in [-0.15, -0.1) is 11.3 Å². The smallest absolute Gasteiger partial charge is 0.225 e. The minimum Gasteiger partial charge on any atom is -0.497 e. The molecule has 1 aliphatic rings. The number of hydrogen-bond donors (Lipinski definition) is 1. The molecule has 0 saturated carbocycles. The van der Waals surface area contributed by atoms with Gasteiger partial charge in [0.15, 0.2) is 0 Å². The molecule has 26 heavy (non-hydrogen) atoms. The van der Waals surface area contributed by atoms with Crippen LogP contribution >= 0.6 is 11.3 Å². The molecule has 1 aromatic heterocycles. The Bertz CT molecular complexity index is 972. The third-order valence-corrected chi connectivity index (χ3v) is 6.10. The average molecular weight is 363 g/mol. The van der Waals surface area contributed by atoms with Gasteiger partial charge < -0.3 is 10.1 Å². The van der Waals surface area contributed by atoms with Crippen LogP contribution in [0, 0.1) is 13.8 Å². The zero-order valence-corrected chi connectivity index (χ0v) is 15.9. The van der Waals surface area contributed by atoms with Gasteiger partial charge in [0.2, 0.25) is 5.91 Å². The third kappa shape index (κ3) is 2.90. The number of anilines is 1. The van der Waals surface area contributed by atoms with Crippen molar-refractivity contribution >= 4 is 22.9 Å². The van der Waals surface area contributed by atoms with Crippen molar-refractivity contribution in [3.63, 3.8) is 0 Å². The van der Waals surface area contributed by atoms with Crippen molar-refractivity contribution in [2.75, 3.05) is 12.4 Å². The lowest BCUT2D eigenvalue weighted by Crippen LogP contribution is -2.23. The molecule has 2 aromatic carbocycles. The number of methoxy groups -OCH3 is 1. The number of hydrogen-bond acceptors (Lipinski definition) is 3. The maximum Gasteiger partial charge on any atom is 0.225 e. The van der Waals surface area contributed by atoms with Crippen LogP contribution < -0.4 is 10.1 Å². The molecule has 3 nitrogen and oxygen atoms in total. The van der Waals surface area contributed by atoms with Gasteiger partial charge in [0.1, 0.15) is 5.75 Å². The number of rotatable bonds is 3. The van der Waals surface area contributed by atoms with Crippen LogP contribution in [0.1, 0.15) is 33.9 Å². The molecular weight excluding hydrogens is 342 g/mol. The van der Waals surface area contributed by atoms with E-state index in [4.69, 9.17) is 4.74 Å². The van der Waals surface area contributed by atoms with E-state index >= 15 is 0 Å². The van der Waals surface area contributed by atoms with E-state index in [0.29, 0.717) is 6.42 Å². The summed E-state index contributed by atoms with van der Waals surface area (Å²) in [5, 5.41) is 5.26. The summed E-state index contributed by atoms with van der Waals surface area (Å²) in [6.07, 6.45) is 0.500. The fraction of sp³-hybridized carbons (Fsp3) is 0.227. The van der Waals surface area contributed by atoms with Gasteiger partial charge in [-0.1, -0.05) is 35.9 Å². The number of amides is 1. The molecular formula is C22H21NO2S. The van der Waals surface area contributed by atoms with E-state index in [1.165, 1.54) is 21.6 Å². The van der Waals surface area contributed by atoms with E-state index in [1.54, 1.807) is 18.4 Å². The van der Waals surface area contributed by atoms with Crippen molar-refractivity contribution in [2.45, 2.75) is 26.2 Å². The molecule has 0 saturated heterocycles. The quantitative estimate of drug-likeness (QED) is 0.666. The van der Waals surface area contributed by atoms with Crippen LogP contribution in [0.2, 0.25) is 0 Å². The fourth-order valence-electron chi connectivity index (χ4n) is 3.60. The number of carbonyl (C=O) groups is 1. The summed E-state index contributed by atoms with van der Waals surface area (Å²) in [7, 11) is 1.66. The van der Waals surface area contributed by atoms with Crippen molar-refractivity contribution in [3.8, 4) is 16.9 Å². The van der Waals surface area contributed by atoms with E-state index in [1.807, 2.05) is 24.3 Å². The van der Waals surface area contributed by atoms with Crippen molar-refractivity contribution in [2.24, 2.45) is 0 Å². The van der Waals surface area contributed by atoms with Gasteiger partial charge in [-0.3, -0.25) is 4.79 Å². The molecule has 0 unspecified atom stereocenters. The molecule has 4 rings (SSSR count). The summed E-state index contributed by atoms with van der Waals surface area (Å²) in [5.74, 6) is 1.03. The molecule has 132 valence electrons. The van der Waals surface area contributed by atoms with Crippen LogP contribution in [0.25, 0.3) is 11.1 Å². The number of fused-ring (bicyclic) bond motifs is 1. The molecule has 0 fully saturated rings. The van der Waals surface area contributed by atoms with E-state index < -0.39 is 0 Å². The Balaban J connectivity index is 1.81. The van der Waals surface area contributed by atoms with E-state index in [-0.39, 0.29) is 11.8 Å². The van der Waals surface area contributed by atoms with Gasteiger partial charge in [-0.05, 0) is 42.7 Å². The monoisotopic (exact) mass is 363 g/mol. The molecule has 1 aliphatic heterocycles. The van der Waals surface area contributed by atoms with Crippen LogP contribution in [-0.4, -0.2) is 13.0 Å². The van der Waals surface area contributed by atoms with Gasteiger partial charge in [0, 0.05) is 28.2 Å². The lowest BCUT2D eigenvalue weighted by atomic mass is 9.86. The lowest BCUT2D eigenvalue weighted by Gasteiger charge is -2.25. The number of carbonyl (C=O) groups excluding carboxylic acids is 1. The summed E-state index contributed by atoms with van der Waals surface area (Å²) in [4.78, 5) is 13.7. The molecule has 1 N–H and O–H groups in total. The number of nitrogens with one attached hydrogen (secondary N) is 1. The highest BCUT2D eigenvalue weighted by Gasteiger charge is 2.31. The van der Waals surface area contributed by atoms with Gasteiger partial charge >= 0.3 is 0 Å². The van der Waals surface area contributed by atoms with Crippen LogP contribution in [0.4, 0.5) is 5.69 Å². The number of thiophene rings is 1. The average Bonchev–Trinajstić information content (AvgIpc) is 3.07. The first-order valence-electron chi connectivity index (χ1n) is 8.69. The van der Waals surface area contributed by atoms with E-state index in [0.717, 1.165) is 22.6 Å². The molecule has 2 heterocycles. The van der Waals surface area contributed by atoms with Crippen molar-refractivity contribution in [1.29, 1.82) is 0 Å². The predicted octanol–water partition coefficient (Wildman–Crippen LogP) is 5.51. The predicted molar refractivity (Wildman–Crippen MR) is 107 cm³/mol. The van der Waals surface area contributed by atoms with Gasteiger partial charge in [0.05, 0.1) is 12.8 Å². The second-order valence-electron chi connectivity index (χ2n) is 6.78. The van der Waals surface area contributed by atoms with Gasteiger partial charge in [-0.25, -0.2) is 0 Å². The maximum atomic E-state index is 12.5. The summed E-state index contributed by atoms with van der Waals surface area (Å²) >= 11 is 1.73. The first kappa shape index (κ1) is 16.9. The highest BCUT2D eigenvalue weighted by Crippen LogP contribution is 2.47. The second-order valence-corrected chi connectivity index (χ2v) is 7.69. The van der Waals surface area contributed by atoms with Crippen molar-refractivity contribution < 1.29 is 9.53 Å². The Kier molecular flexibility index (Phi) is 4.29. The normalized spacial score (nSPS) is 16.1. The zero-order chi connectivity index (χ0) is 18.3. The number of ether oxygens (including phenoxy) is 1. The fourth-order valence-corrected chi connectivity index (χ4v) is 4.75. The summed E-state index contributed by atoms with van der Waals surface area (Å²) in [6.45, 7) is 4.23. The summed E-state index contributed by atoms with van der Waals surface area (Å²) < 4.78 is 5.25. The van der Waals surface area contributed by atoms with Crippen LogP contribution in [0.15, 0.2) is 47.8 Å².